The molecule has 1 N–H and O–H groups in total. The van der Waals surface area contributed by atoms with E-state index in [4.69, 9.17) is 14.6 Å². The number of rotatable bonds is 11. The lowest BCUT2D eigenvalue weighted by molar-refractivity contribution is -0.135. The fourth-order valence-corrected chi connectivity index (χ4v) is 5.22. The second kappa shape index (κ2) is 12.8. The van der Waals surface area contributed by atoms with E-state index in [1.54, 1.807) is 12.0 Å². The van der Waals surface area contributed by atoms with Gasteiger partial charge in [0.2, 0.25) is 5.91 Å². The molecule has 1 amide bonds. The smallest absolute Gasteiger partial charge is 0.248 e. The van der Waals surface area contributed by atoms with Crippen molar-refractivity contribution in [2.24, 2.45) is 11.8 Å². The van der Waals surface area contributed by atoms with Crippen LogP contribution in [0.3, 0.4) is 0 Å². The fraction of sp³-hybridized carbons (Fsp3) is 0.708. The normalized spacial score (nSPS) is 20.4. The summed E-state index contributed by atoms with van der Waals surface area (Å²) in [5.41, 5.74) is 1.32. The molecule has 2 aliphatic rings. The van der Waals surface area contributed by atoms with Gasteiger partial charge in [-0.25, -0.2) is 0 Å². The van der Waals surface area contributed by atoms with Crippen LogP contribution in [-0.2, 0) is 16.0 Å². The SMILES string of the molecule is COCCOc1ccc(Br)c(CC2CCN(CCCC3CCN(C(=O)CO)CC3)C2)c1. The summed E-state index contributed by atoms with van der Waals surface area (Å²) in [4.78, 5) is 16.0. The predicted octanol–water partition coefficient (Wildman–Crippen LogP) is 3.35. The number of carbonyl (C=O) groups is 1. The molecule has 2 heterocycles. The first-order valence-corrected chi connectivity index (χ1v) is 12.4. The molecular weight excluding hydrogens is 460 g/mol. The quantitative estimate of drug-likeness (QED) is 0.476. The highest BCUT2D eigenvalue weighted by Gasteiger charge is 2.25. The van der Waals surface area contributed by atoms with Crippen molar-refractivity contribution in [3.8, 4) is 5.75 Å². The molecule has 1 aromatic carbocycles. The van der Waals surface area contributed by atoms with Gasteiger partial charge in [0.25, 0.3) is 0 Å². The number of ether oxygens (including phenoxy) is 2. The summed E-state index contributed by atoms with van der Waals surface area (Å²) in [5.74, 6) is 2.20. The molecule has 0 aliphatic carbocycles. The van der Waals surface area contributed by atoms with Crippen LogP contribution in [0.2, 0.25) is 0 Å². The molecule has 3 rings (SSSR count). The van der Waals surface area contributed by atoms with E-state index in [2.05, 4.69) is 33.0 Å². The number of piperidine rings is 1. The average Bonchev–Trinajstić information content (AvgIpc) is 3.23. The molecule has 1 aromatic rings. The number of methoxy groups -OCH3 is 1. The van der Waals surface area contributed by atoms with Crippen molar-refractivity contribution in [3.05, 3.63) is 28.2 Å². The number of aliphatic hydroxyl groups is 1. The first-order valence-electron chi connectivity index (χ1n) is 11.6. The Hall–Kier alpha value is -1.15. The number of nitrogens with zero attached hydrogens (tertiary/aromatic N) is 2. The van der Waals surface area contributed by atoms with Crippen molar-refractivity contribution in [1.29, 1.82) is 0 Å². The van der Waals surface area contributed by atoms with Gasteiger partial charge in [-0.05, 0) is 87.2 Å². The molecule has 0 saturated carbocycles. The number of carbonyl (C=O) groups excluding carboxylic acids is 1. The van der Waals surface area contributed by atoms with Crippen molar-refractivity contribution in [3.63, 3.8) is 0 Å². The van der Waals surface area contributed by atoms with Gasteiger partial charge in [-0.1, -0.05) is 15.9 Å². The average molecular weight is 497 g/mol. The monoisotopic (exact) mass is 496 g/mol. The molecule has 2 aliphatic heterocycles. The molecule has 1 unspecified atom stereocenters. The lowest BCUT2D eigenvalue weighted by Gasteiger charge is -2.32. The number of amides is 1. The van der Waals surface area contributed by atoms with E-state index in [0.717, 1.165) is 48.5 Å². The summed E-state index contributed by atoms with van der Waals surface area (Å²) in [6, 6.07) is 6.26. The zero-order valence-electron chi connectivity index (χ0n) is 18.7. The highest BCUT2D eigenvalue weighted by molar-refractivity contribution is 9.10. The third kappa shape index (κ3) is 7.74. The lowest BCUT2D eigenvalue weighted by atomic mass is 9.92. The van der Waals surface area contributed by atoms with E-state index in [1.165, 1.54) is 44.5 Å². The molecule has 0 bridgehead atoms. The van der Waals surface area contributed by atoms with Crippen molar-refractivity contribution in [2.75, 3.05) is 59.7 Å². The van der Waals surface area contributed by atoms with E-state index in [9.17, 15) is 4.79 Å². The minimum Gasteiger partial charge on any atom is -0.491 e. The molecule has 0 radical (unpaired) electrons. The van der Waals surface area contributed by atoms with E-state index in [-0.39, 0.29) is 12.5 Å². The number of halogens is 1. The molecule has 6 nitrogen and oxygen atoms in total. The topological polar surface area (TPSA) is 62.2 Å². The molecule has 1 atom stereocenters. The van der Waals surface area contributed by atoms with E-state index >= 15 is 0 Å². The Kier molecular flexibility index (Phi) is 10.1. The van der Waals surface area contributed by atoms with Crippen LogP contribution < -0.4 is 4.74 Å². The lowest BCUT2D eigenvalue weighted by Crippen LogP contribution is -2.40. The summed E-state index contributed by atoms with van der Waals surface area (Å²) in [6.45, 7) is 5.96. The van der Waals surface area contributed by atoms with Crippen LogP contribution in [0.15, 0.2) is 22.7 Å². The Bertz CT molecular complexity index is 694. The zero-order chi connectivity index (χ0) is 22.1. The van der Waals surface area contributed by atoms with Crippen molar-refractivity contribution < 1.29 is 19.4 Å². The first kappa shape index (κ1) is 24.5. The molecule has 0 aromatic heterocycles. The maximum Gasteiger partial charge on any atom is 0.248 e. The molecular formula is C24H37BrN2O4. The first-order chi connectivity index (χ1) is 15.1. The maximum atomic E-state index is 11.6. The summed E-state index contributed by atoms with van der Waals surface area (Å²) in [6.07, 6.45) is 6.96. The van der Waals surface area contributed by atoms with Gasteiger partial charge in [0.15, 0.2) is 0 Å². The van der Waals surface area contributed by atoms with Gasteiger partial charge in [0.1, 0.15) is 19.0 Å². The van der Waals surface area contributed by atoms with E-state index < -0.39 is 0 Å². The molecule has 2 fully saturated rings. The number of aliphatic hydroxyl groups excluding tert-OH is 1. The second-order valence-electron chi connectivity index (χ2n) is 8.88. The minimum absolute atomic E-state index is 0.125. The molecule has 7 heteroatoms. The summed E-state index contributed by atoms with van der Waals surface area (Å²) >= 11 is 3.71. The summed E-state index contributed by atoms with van der Waals surface area (Å²) in [5, 5.41) is 8.99. The van der Waals surface area contributed by atoms with Gasteiger partial charge in [-0.2, -0.15) is 0 Å². The van der Waals surface area contributed by atoms with Gasteiger partial charge in [0.05, 0.1) is 6.61 Å². The van der Waals surface area contributed by atoms with Gasteiger partial charge < -0.3 is 24.4 Å². The van der Waals surface area contributed by atoms with Gasteiger partial charge >= 0.3 is 0 Å². The van der Waals surface area contributed by atoms with Crippen molar-refractivity contribution in [1.82, 2.24) is 9.80 Å². The van der Waals surface area contributed by atoms with Crippen LogP contribution >= 0.6 is 15.9 Å². The van der Waals surface area contributed by atoms with Crippen LogP contribution in [0, 0.1) is 11.8 Å². The Morgan fingerprint density at radius 2 is 1.94 bits per heavy atom. The van der Waals surface area contributed by atoms with Crippen LogP contribution in [-0.4, -0.2) is 80.5 Å². The van der Waals surface area contributed by atoms with Gasteiger partial charge in [-0.3, -0.25) is 4.79 Å². The standard InChI is InChI=1S/C24H37BrN2O4/c1-30-13-14-31-22-4-5-23(25)21(16-22)15-20-6-10-26(17-20)9-2-3-19-7-11-27(12-8-19)24(29)18-28/h4-5,16,19-20,28H,2-3,6-15,17-18H2,1H3. The Labute approximate surface area is 195 Å². The van der Waals surface area contributed by atoms with Gasteiger partial charge in [-0.15, -0.1) is 0 Å². The zero-order valence-corrected chi connectivity index (χ0v) is 20.3. The summed E-state index contributed by atoms with van der Waals surface area (Å²) in [7, 11) is 1.69. The third-order valence-electron chi connectivity index (χ3n) is 6.64. The fourth-order valence-electron chi connectivity index (χ4n) is 4.81. The Morgan fingerprint density at radius 1 is 1.16 bits per heavy atom. The highest BCUT2D eigenvalue weighted by atomic mass is 79.9. The number of likely N-dealkylation sites (tertiary alicyclic amines) is 2. The highest BCUT2D eigenvalue weighted by Crippen LogP contribution is 2.29. The number of hydrogen-bond acceptors (Lipinski definition) is 5. The van der Waals surface area contributed by atoms with Gasteiger partial charge in [0, 0.05) is 31.2 Å². The Morgan fingerprint density at radius 3 is 2.68 bits per heavy atom. The van der Waals surface area contributed by atoms with Crippen LogP contribution in [0.25, 0.3) is 0 Å². The van der Waals surface area contributed by atoms with Crippen LogP contribution in [0.1, 0.15) is 37.7 Å². The van der Waals surface area contributed by atoms with Crippen molar-refractivity contribution >= 4 is 21.8 Å². The Balaban J connectivity index is 1.35. The number of hydrogen-bond donors (Lipinski definition) is 1. The van der Waals surface area contributed by atoms with Crippen LogP contribution in [0.4, 0.5) is 0 Å². The number of benzene rings is 1. The molecule has 174 valence electrons. The molecule has 0 spiro atoms. The molecule has 31 heavy (non-hydrogen) atoms. The maximum absolute atomic E-state index is 11.6. The summed E-state index contributed by atoms with van der Waals surface area (Å²) < 4.78 is 12.0. The van der Waals surface area contributed by atoms with Crippen molar-refractivity contribution in [2.45, 2.75) is 38.5 Å². The van der Waals surface area contributed by atoms with E-state index in [0.29, 0.717) is 19.1 Å². The molecule has 2 saturated heterocycles. The van der Waals surface area contributed by atoms with Crippen LogP contribution in [0.5, 0.6) is 5.75 Å². The predicted molar refractivity (Wildman–Crippen MR) is 125 cm³/mol. The minimum atomic E-state index is -0.359. The second-order valence-corrected chi connectivity index (χ2v) is 9.73. The third-order valence-corrected chi connectivity index (χ3v) is 7.41. The largest absolute Gasteiger partial charge is 0.491 e. The van der Waals surface area contributed by atoms with E-state index in [1.807, 2.05) is 6.07 Å².